The van der Waals surface area contributed by atoms with Crippen LogP contribution in [0.25, 0.3) is 0 Å². The molecule has 2 heterocycles. The molecule has 3 rings (SSSR count). The molecule has 2 amide bonds. The van der Waals surface area contributed by atoms with Gasteiger partial charge in [0.05, 0.1) is 6.04 Å². The number of aryl methyl sites for hydroxylation is 1. The van der Waals surface area contributed by atoms with Crippen LogP contribution in [-0.4, -0.2) is 33.8 Å². The number of amides is 2. The van der Waals surface area contributed by atoms with Crippen molar-refractivity contribution in [3.05, 3.63) is 53.6 Å². The summed E-state index contributed by atoms with van der Waals surface area (Å²) in [6.45, 7) is 6.00. The maximum Gasteiger partial charge on any atom is 0.317 e. The first-order chi connectivity index (χ1) is 12.0. The fourth-order valence-electron chi connectivity index (χ4n) is 3.23. The van der Waals surface area contributed by atoms with E-state index in [2.05, 4.69) is 10.4 Å². The third kappa shape index (κ3) is 4.38. The number of rotatable bonds is 4. The second-order valence-electron chi connectivity index (χ2n) is 6.84. The van der Waals surface area contributed by atoms with E-state index in [1.807, 2.05) is 34.8 Å². The quantitative estimate of drug-likeness (QED) is 0.923. The predicted molar refractivity (Wildman–Crippen MR) is 94.6 cm³/mol. The standard InChI is InChI=1S/C19H25FN4O/c1-14-4-5-17(12-18(14)20)15(2)22-19(25)23-10-6-16(7-11-23)13-24-9-3-8-21-24/h3-5,8-9,12,15-16H,6-7,10-11,13H2,1-2H3,(H,22,25)/t15-/m1/s1. The topological polar surface area (TPSA) is 50.2 Å². The number of likely N-dealkylation sites (tertiary alicyclic amines) is 1. The Morgan fingerprint density at radius 1 is 1.40 bits per heavy atom. The summed E-state index contributed by atoms with van der Waals surface area (Å²) in [4.78, 5) is 14.3. The average molecular weight is 344 g/mol. The molecule has 1 aliphatic heterocycles. The van der Waals surface area contributed by atoms with Crippen molar-refractivity contribution in [2.75, 3.05) is 13.1 Å². The fraction of sp³-hybridized carbons (Fsp3) is 0.474. The Balaban J connectivity index is 1.49. The number of urea groups is 1. The first-order valence-corrected chi connectivity index (χ1v) is 8.82. The molecule has 1 N–H and O–H groups in total. The van der Waals surface area contributed by atoms with Crippen LogP contribution in [0, 0.1) is 18.7 Å². The number of hydrogen-bond donors (Lipinski definition) is 1. The summed E-state index contributed by atoms with van der Waals surface area (Å²) in [5, 5.41) is 7.22. The molecule has 0 bridgehead atoms. The van der Waals surface area contributed by atoms with Crippen molar-refractivity contribution in [2.45, 2.75) is 39.3 Å². The van der Waals surface area contributed by atoms with Gasteiger partial charge in [-0.1, -0.05) is 12.1 Å². The summed E-state index contributed by atoms with van der Waals surface area (Å²) in [5.41, 5.74) is 1.39. The van der Waals surface area contributed by atoms with Gasteiger partial charge in [0.2, 0.25) is 0 Å². The molecule has 1 saturated heterocycles. The first kappa shape index (κ1) is 17.5. The van der Waals surface area contributed by atoms with Gasteiger partial charge in [0.15, 0.2) is 0 Å². The minimum Gasteiger partial charge on any atom is -0.331 e. The van der Waals surface area contributed by atoms with Gasteiger partial charge >= 0.3 is 6.03 Å². The number of halogens is 1. The first-order valence-electron chi connectivity index (χ1n) is 8.82. The Labute approximate surface area is 147 Å². The molecule has 6 heteroatoms. The third-order valence-corrected chi connectivity index (χ3v) is 4.94. The number of carbonyl (C=O) groups is 1. The van der Waals surface area contributed by atoms with Crippen molar-refractivity contribution in [3.63, 3.8) is 0 Å². The van der Waals surface area contributed by atoms with Crippen LogP contribution in [0.3, 0.4) is 0 Å². The van der Waals surface area contributed by atoms with Crippen molar-refractivity contribution in [1.82, 2.24) is 20.0 Å². The highest BCUT2D eigenvalue weighted by Crippen LogP contribution is 2.20. The molecule has 0 aliphatic carbocycles. The van der Waals surface area contributed by atoms with E-state index < -0.39 is 0 Å². The number of carbonyl (C=O) groups excluding carboxylic acids is 1. The molecule has 0 unspecified atom stereocenters. The summed E-state index contributed by atoms with van der Waals surface area (Å²) in [5.74, 6) is 0.311. The van der Waals surface area contributed by atoms with Gasteiger partial charge in [-0.3, -0.25) is 4.68 Å². The van der Waals surface area contributed by atoms with Crippen LogP contribution in [0.15, 0.2) is 36.7 Å². The van der Waals surface area contributed by atoms with Gasteiger partial charge in [0.25, 0.3) is 0 Å². The maximum atomic E-state index is 13.7. The predicted octanol–water partition coefficient (Wildman–Crippen LogP) is 3.51. The zero-order chi connectivity index (χ0) is 17.8. The van der Waals surface area contributed by atoms with E-state index in [-0.39, 0.29) is 17.9 Å². The normalized spacial score (nSPS) is 16.7. The van der Waals surface area contributed by atoms with Crippen molar-refractivity contribution in [1.29, 1.82) is 0 Å². The molecular formula is C19H25FN4O. The molecule has 0 spiro atoms. The van der Waals surface area contributed by atoms with E-state index in [1.54, 1.807) is 19.2 Å². The van der Waals surface area contributed by atoms with Gasteiger partial charge < -0.3 is 10.2 Å². The van der Waals surface area contributed by atoms with Gasteiger partial charge in [0.1, 0.15) is 5.82 Å². The fourth-order valence-corrected chi connectivity index (χ4v) is 3.23. The van der Waals surface area contributed by atoms with Crippen molar-refractivity contribution >= 4 is 6.03 Å². The third-order valence-electron chi connectivity index (χ3n) is 4.94. The zero-order valence-corrected chi connectivity index (χ0v) is 14.8. The average Bonchev–Trinajstić information content (AvgIpc) is 3.11. The lowest BCUT2D eigenvalue weighted by Gasteiger charge is -2.33. The highest BCUT2D eigenvalue weighted by atomic mass is 19.1. The number of nitrogens with one attached hydrogen (secondary N) is 1. The highest BCUT2D eigenvalue weighted by molar-refractivity contribution is 5.74. The summed E-state index contributed by atoms with van der Waals surface area (Å²) < 4.78 is 15.7. The molecule has 25 heavy (non-hydrogen) atoms. The van der Waals surface area contributed by atoms with Crippen LogP contribution in [0.4, 0.5) is 9.18 Å². The highest BCUT2D eigenvalue weighted by Gasteiger charge is 2.24. The monoisotopic (exact) mass is 344 g/mol. The van der Waals surface area contributed by atoms with E-state index in [9.17, 15) is 9.18 Å². The maximum absolute atomic E-state index is 13.7. The van der Waals surface area contributed by atoms with Gasteiger partial charge in [-0.05, 0) is 55.9 Å². The number of benzene rings is 1. The summed E-state index contributed by atoms with van der Waals surface area (Å²) in [7, 11) is 0. The molecule has 1 aromatic heterocycles. The van der Waals surface area contributed by atoms with Gasteiger partial charge in [-0.15, -0.1) is 0 Å². The van der Waals surface area contributed by atoms with Crippen LogP contribution in [0.5, 0.6) is 0 Å². The van der Waals surface area contributed by atoms with Crippen LogP contribution >= 0.6 is 0 Å². The van der Waals surface area contributed by atoms with E-state index in [0.29, 0.717) is 11.5 Å². The van der Waals surface area contributed by atoms with E-state index in [4.69, 9.17) is 0 Å². The van der Waals surface area contributed by atoms with E-state index >= 15 is 0 Å². The van der Waals surface area contributed by atoms with Gasteiger partial charge in [-0.25, -0.2) is 9.18 Å². The van der Waals surface area contributed by atoms with Crippen LogP contribution in [0.1, 0.15) is 36.9 Å². The smallest absolute Gasteiger partial charge is 0.317 e. The molecule has 0 saturated carbocycles. The minimum atomic E-state index is -0.238. The number of hydrogen-bond acceptors (Lipinski definition) is 2. The van der Waals surface area contributed by atoms with E-state index in [0.717, 1.165) is 38.0 Å². The molecular weight excluding hydrogens is 319 g/mol. The minimum absolute atomic E-state index is 0.0778. The lowest BCUT2D eigenvalue weighted by atomic mass is 9.97. The summed E-state index contributed by atoms with van der Waals surface area (Å²) in [6.07, 6.45) is 5.71. The van der Waals surface area contributed by atoms with Gasteiger partial charge in [0, 0.05) is 32.0 Å². The number of aromatic nitrogens is 2. The summed E-state index contributed by atoms with van der Waals surface area (Å²) >= 11 is 0. The van der Waals surface area contributed by atoms with Crippen LogP contribution < -0.4 is 5.32 Å². The second kappa shape index (κ2) is 7.68. The lowest BCUT2D eigenvalue weighted by Crippen LogP contribution is -2.45. The molecule has 134 valence electrons. The largest absolute Gasteiger partial charge is 0.331 e. The molecule has 1 aliphatic rings. The molecule has 0 radical (unpaired) electrons. The SMILES string of the molecule is Cc1ccc([C@@H](C)NC(=O)N2CCC(Cn3cccn3)CC2)cc1F. The Kier molecular flexibility index (Phi) is 5.36. The molecule has 1 aromatic carbocycles. The van der Waals surface area contributed by atoms with E-state index in [1.165, 1.54) is 6.07 Å². The Bertz CT molecular complexity index is 708. The summed E-state index contributed by atoms with van der Waals surface area (Å²) in [6, 6.07) is 6.73. The Hall–Kier alpha value is -2.37. The second-order valence-corrected chi connectivity index (χ2v) is 6.84. The Morgan fingerprint density at radius 2 is 2.16 bits per heavy atom. The van der Waals surface area contributed by atoms with Crippen molar-refractivity contribution in [2.24, 2.45) is 5.92 Å². The Morgan fingerprint density at radius 3 is 2.80 bits per heavy atom. The number of piperidine rings is 1. The molecule has 1 atom stereocenters. The molecule has 2 aromatic rings. The lowest BCUT2D eigenvalue weighted by molar-refractivity contribution is 0.161. The van der Waals surface area contributed by atoms with Crippen LogP contribution in [0.2, 0.25) is 0 Å². The van der Waals surface area contributed by atoms with Crippen molar-refractivity contribution < 1.29 is 9.18 Å². The van der Waals surface area contributed by atoms with Crippen LogP contribution in [-0.2, 0) is 6.54 Å². The zero-order valence-electron chi connectivity index (χ0n) is 14.8. The van der Waals surface area contributed by atoms with Crippen molar-refractivity contribution in [3.8, 4) is 0 Å². The van der Waals surface area contributed by atoms with Gasteiger partial charge in [-0.2, -0.15) is 5.10 Å². The molecule has 5 nitrogen and oxygen atoms in total. The molecule has 1 fully saturated rings. The number of nitrogens with zero attached hydrogens (tertiary/aromatic N) is 3.